The fourth-order valence-corrected chi connectivity index (χ4v) is 2.43. The predicted octanol–water partition coefficient (Wildman–Crippen LogP) is 3.22. The van der Waals surface area contributed by atoms with Crippen molar-refractivity contribution in [1.29, 1.82) is 0 Å². The van der Waals surface area contributed by atoms with Gasteiger partial charge in [0.25, 0.3) is 5.91 Å². The molecule has 7 heteroatoms. The van der Waals surface area contributed by atoms with Gasteiger partial charge in [-0.2, -0.15) is 0 Å². The van der Waals surface area contributed by atoms with E-state index in [0.717, 1.165) is 6.42 Å². The largest absolute Gasteiger partial charge is 0.489 e. The van der Waals surface area contributed by atoms with Gasteiger partial charge >= 0.3 is 5.97 Å². The standard InChI is InChI=1S/C19H24ClNO5/c1-12(2)13(3)21-17(22)11-26-18(23)6-5-14-9-15(20)19-16(10-14)24-7-4-8-25-19/h5-6,9-10,12-13H,4,7-8,11H2,1-3H3,(H,21,22)/b6-5-/t13-/m0/s1. The summed E-state index contributed by atoms with van der Waals surface area (Å²) in [5.74, 6) is 0.427. The van der Waals surface area contributed by atoms with Crippen LogP contribution in [0.5, 0.6) is 11.5 Å². The van der Waals surface area contributed by atoms with E-state index in [2.05, 4.69) is 5.32 Å². The van der Waals surface area contributed by atoms with Crippen LogP contribution < -0.4 is 14.8 Å². The van der Waals surface area contributed by atoms with Crippen molar-refractivity contribution in [1.82, 2.24) is 5.32 Å². The molecule has 0 saturated carbocycles. The first kappa shape index (κ1) is 20.1. The zero-order chi connectivity index (χ0) is 19.1. The third kappa shape index (κ3) is 5.95. The number of carbonyl (C=O) groups excluding carboxylic acids is 2. The van der Waals surface area contributed by atoms with Crippen molar-refractivity contribution in [2.24, 2.45) is 5.92 Å². The third-order valence-electron chi connectivity index (χ3n) is 3.97. The van der Waals surface area contributed by atoms with Crippen molar-refractivity contribution in [2.75, 3.05) is 19.8 Å². The van der Waals surface area contributed by atoms with Crippen LogP contribution in [0.15, 0.2) is 18.2 Å². The number of ether oxygens (including phenoxy) is 3. The molecule has 0 saturated heterocycles. The van der Waals surface area contributed by atoms with Gasteiger partial charge in [0.2, 0.25) is 0 Å². The summed E-state index contributed by atoms with van der Waals surface area (Å²) >= 11 is 6.20. The maximum Gasteiger partial charge on any atom is 0.331 e. The summed E-state index contributed by atoms with van der Waals surface area (Å²) < 4.78 is 16.1. The fourth-order valence-electron chi connectivity index (χ4n) is 2.16. The van der Waals surface area contributed by atoms with E-state index in [4.69, 9.17) is 25.8 Å². The summed E-state index contributed by atoms with van der Waals surface area (Å²) in [6.45, 7) is 6.68. The quantitative estimate of drug-likeness (QED) is 0.605. The second kappa shape index (κ2) is 9.48. The average Bonchev–Trinajstić information content (AvgIpc) is 2.83. The molecule has 1 atom stereocenters. The lowest BCUT2D eigenvalue weighted by molar-refractivity contribution is -0.144. The number of benzene rings is 1. The first-order valence-corrected chi connectivity index (χ1v) is 8.98. The van der Waals surface area contributed by atoms with Gasteiger partial charge < -0.3 is 19.5 Å². The molecule has 6 nitrogen and oxygen atoms in total. The van der Waals surface area contributed by atoms with Crippen LogP contribution >= 0.6 is 11.6 Å². The second-order valence-electron chi connectivity index (χ2n) is 6.42. The first-order valence-electron chi connectivity index (χ1n) is 8.60. The van der Waals surface area contributed by atoms with Gasteiger partial charge in [0, 0.05) is 18.5 Å². The Morgan fingerprint density at radius 3 is 2.73 bits per heavy atom. The average molecular weight is 382 g/mol. The topological polar surface area (TPSA) is 73.9 Å². The van der Waals surface area contributed by atoms with Crippen LogP contribution in [0.2, 0.25) is 5.02 Å². The second-order valence-corrected chi connectivity index (χ2v) is 6.83. The van der Waals surface area contributed by atoms with Gasteiger partial charge in [-0.3, -0.25) is 4.79 Å². The number of esters is 1. The smallest absolute Gasteiger partial charge is 0.331 e. The molecule has 1 aliphatic rings. The lowest BCUT2D eigenvalue weighted by Gasteiger charge is -2.17. The minimum Gasteiger partial charge on any atom is -0.489 e. The van der Waals surface area contributed by atoms with Crippen molar-refractivity contribution in [3.63, 3.8) is 0 Å². The number of carbonyl (C=O) groups is 2. The summed E-state index contributed by atoms with van der Waals surface area (Å²) in [5, 5.41) is 3.18. The maximum absolute atomic E-state index is 11.8. The lowest BCUT2D eigenvalue weighted by Crippen LogP contribution is -2.38. The molecule has 0 bridgehead atoms. The molecule has 0 aliphatic carbocycles. The van der Waals surface area contributed by atoms with Crippen molar-refractivity contribution in [2.45, 2.75) is 33.2 Å². The Kier molecular flexibility index (Phi) is 7.33. The summed E-state index contributed by atoms with van der Waals surface area (Å²) in [6.07, 6.45) is 3.58. The predicted molar refractivity (Wildman–Crippen MR) is 99.5 cm³/mol. The number of amides is 1. The van der Waals surface area contributed by atoms with Gasteiger partial charge in [0.15, 0.2) is 18.1 Å². The minimum atomic E-state index is -0.611. The van der Waals surface area contributed by atoms with E-state index in [-0.39, 0.29) is 18.6 Å². The fraction of sp³-hybridized carbons (Fsp3) is 0.474. The zero-order valence-corrected chi connectivity index (χ0v) is 16.0. The van der Waals surface area contributed by atoms with Crippen molar-refractivity contribution < 1.29 is 23.8 Å². The molecule has 0 fully saturated rings. The minimum absolute atomic E-state index is 0.0145. The molecule has 1 heterocycles. The highest BCUT2D eigenvalue weighted by molar-refractivity contribution is 6.32. The summed E-state index contributed by atoms with van der Waals surface area (Å²) in [4.78, 5) is 23.5. The molecule has 2 rings (SSSR count). The Morgan fingerprint density at radius 2 is 2.00 bits per heavy atom. The van der Waals surface area contributed by atoms with E-state index in [9.17, 15) is 9.59 Å². The van der Waals surface area contributed by atoms with Crippen LogP contribution in [0.1, 0.15) is 32.8 Å². The highest BCUT2D eigenvalue weighted by atomic mass is 35.5. The number of hydrogen-bond donors (Lipinski definition) is 1. The van der Waals surface area contributed by atoms with Crippen LogP contribution in [-0.4, -0.2) is 37.7 Å². The van der Waals surface area contributed by atoms with Gasteiger partial charge in [-0.05, 0) is 36.6 Å². The van der Waals surface area contributed by atoms with Gasteiger partial charge in [0.1, 0.15) is 0 Å². The van der Waals surface area contributed by atoms with Crippen LogP contribution in [0, 0.1) is 5.92 Å². The van der Waals surface area contributed by atoms with Crippen LogP contribution in [0.4, 0.5) is 0 Å². The van der Waals surface area contributed by atoms with E-state index in [1.807, 2.05) is 20.8 Å². The molecule has 1 N–H and O–H groups in total. The molecule has 0 radical (unpaired) electrons. The molecule has 0 spiro atoms. The highest BCUT2D eigenvalue weighted by Crippen LogP contribution is 2.38. The van der Waals surface area contributed by atoms with Crippen LogP contribution in [0.25, 0.3) is 6.08 Å². The zero-order valence-electron chi connectivity index (χ0n) is 15.2. The molecule has 0 unspecified atom stereocenters. The maximum atomic E-state index is 11.8. The normalized spacial score (nSPS) is 14.8. The van der Waals surface area contributed by atoms with E-state index in [1.165, 1.54) is 6.08 Å². The van der Waals surface area contributed by atoms with Crippen molar-refractivity contribution in [3.8, 4) is 11.5 Å². The molecule has 1 amide bonds. The Balaban J connectivity index is 1.91. The van der Waals surface area contributed by atoms with Gasteiger partial charge in [-0.15, -0.1) is 0 Å². The number of fused-ring (bicyclic) bond motifs is 1. The molecule has 26 heavy (non-hydrogen) atoms. The summed E-state index contributed by atoms with van der Waals surface area (Å²) in [6, 6.07) is 3.43. The lowest BCUT2D eigenvalue weighted by atomic mass is 10.1. The number of hydrogen-bond acceptors (Lipinski definition) is 5. The third-order valence-corrected chi connectivity index (χ3v) is 4.25. The van der Waals surface area contributed by atoms with E-state index in [0.29, 0.717) is 41.2 Å². The number of nitrogens with one attached hydrogen (secondary N) is 1. The molecule has 1 aliphatic heterocycles. The van der Waals surface area contributed by atoms with E-state index in [1.54, 1.807) is 18.2 Å². The van der Waals surface area contributed by atoms with E-state index >= 15 is 0 Å². The van der Waals surface area contributed by atoms with E-state index < -0.39 is 5.97 Å². The van der Waals surface area contributed by atoms with Crippen molar-refractivity contribution >= 4 is 29.6 Å². The van der Waals surface area contributed by atoms with Crippen molar-refractivity contribution in [3.05, 3.63) is 28.8 Å². The molecular formula is C19H24ClNO5. The molecule has 1 aromatic rings. The van der Waals surface area contributed by atoms with Gasteiger partial charge in [-0.1, -0.05) is 25.4 Å². The molecular weight excluding hydrogens is 358 g/mol. The first-order chi connectivity index (χ1) is 12.4. The molecule has 0 aromatic heterocycles. The Bertz CT molecular complexity index is 687. The number of rotatable bonds is 6. The number of halogens is 1. The highest BCUT2D eigenvalue weighted by Gasteiger charge is 2.15. The molecule has 142 valence electrons. The van der Waals surface area contributed by atoms with Gasteiger partial charge in [0.05, 0.1) is 18.2 Å². The Labute approximate surface area is 158 Å². The summed E-state index contributed by atoms with van der Waals surface area (Å²) in [7, 11) is 0. The SMILES string of the molecule is CC(C)[C@H](C)NC(=O)COC(=O)/C=C\c1cc(Cl)c2c(c1)OCCCO2. The summed E-state index contributed by atoms with van der Waals surface area (Å²) in [5.41, 5.74) is 0.675. The van der Waals surface area contributed by atoms with Crippen LogP contribution in [-0.2, 0) is 14.3 Å². The molecule has 1 aromatic carbocycles. The van der Waals surface area contributed by atoms with Gasteiger partial charge in [-0.25, -0.2) is 4.79 Å². The Hall–Kier alpha value is -2.21. The Morgan fingerprint density at radius 1 is 1.27 bits per heavy atom. The van der Waals surface area contributed by atoms with Crippen LogP contribution in [0.3, 0.4) is 0 Å². The monoisotopic (exact) mass is 381 g/mol.